The molecule has 0 bridgehead atoms. The molecule has 0 aromatic rings. The Morgan fingerprint density at radius 1 is 1.29 bits per heavy atom. The minimum Gasteiger partial charge on any atom is -0.389 e. The first-order chi connectivity index (χ1) is 6.58. The Bertz CT molecular complexity index is 242. The normalized spacial score (nSPS) is 48.4. The molecule has 0 amide bonds. The van der Waals surface area contributed by atoms with Gasteiger partial charge in [0.1, 0.15) is 0 Å². The summed E-state index contributed by atoms with van der Waals surface area (Å²) in [6, 6.07) is 0. The van der Waals surface area contributed by atoms with Crippen molar-refractivity contribution in [1.29, 1.82) is 0 Å². The van der Waals surface area contributed by atoms with Gasteiger partial charge in [-0.25, -0.2) is 0 Å². The lowest BCUT2D eigenvalue weighted by Crippen LogP contribution is -2.53. The van der Waals surface area contributed by atoms with E-state index in [9.17, 15) is 5.11 Å². The summed E-state index contributed by atoms with van der Waals surface area (Å²) in [6.45, 7) is 4.27. The van der Waals surface area contributed by atoms with Crippen molar-refractivity contribution in [3.63, 3.8) is 0 Å². The molecule has 14 heavy (non-hydrogen) atoms. The molecular formula is C13H22O. The Balaban J connectivity index is 2.27. The van der Waals surface area contributed by atoms with Gasteiger partial charge in [-0.3, -0.25) is 0 Å². The monoisotopic (exact) mass is 194 g/mol. The second kappa shape index (κ2) is 3.37. The Hall–Kier alpha value is -0.300. The van der Waals surface area contributed by atoms with Crippen LogP contribution in [0.2, 0.25) is 0 Å². The van der Waals surface area contributed by atoms with Gasteiger partial charge in [0.05, 0.1) is 5.60 Å². The van der Waals surface area contributed by atoms with E-state index in [0.29, 0.717) is 5.92 Å². The van der Waals surface area contributed by atoms with Crippen LogP contribution in [0.15, 0.2) is 12.2 Å². The maximum Gasteiger partial charge on any atom is 0.0704 e. The van der Waals surface area contributed by atoms with Crippen molar-refractivity contribution in [2.75, 3.05) is 0 Å². The molecule has 0 heterocycles. The number of hydrogen-bond donors (Lipinski definition) is 1. The van der Waals surface area contributed by atoms with Crippen LogP contribution in [0.5, 0.6) is 0 Å². The summed E-state index contributed by atoms with van der Waals surface area (Å²) < 4.78 is 0. The van der Waals surface area contributed by atoms with Crippen LogP contribution < -0.4 is 0 Å². The van der Waals surface area contributed by atoms with Gasteiger partial charge in [0.15, 0.2) is 0 Å². The zero-order chi connectivity index (χ0) is 10.2. The Morgan fingerprint density at radius 2 is 2.07 bits per heavy atom. The van der Waals surface area contributed by atoms with Crippen LogP contribution in [0.25, 0.3) is 0 Å². The molecule has 1 spiro atoms. The van der Waals surface area contributed by atoms with E-state index in [4.69, 9.17) is 0 Å². The second-order valence-electron chi connectivity index (χ2n) is 5.44. The van der Waals surface area contributed by atoms with Gasteiger partial charge in [0.2, 0.25) is 0 Å². The Labute approximate surface area is 87.2 Å². The highest BCUT2D eigenvalue weighted by atomic mass is 16.3. The Kier molecular flexibility index (Phi) is 2.46. The molecule has 0 aliphatic heterocycles. The van der Waals surface area contributed by atoms with E-state index in [1.165, 1.54) is 25.7 Å². The van der Waals surface area contributed by atoms with Crippen molar-refractivity contribution < 1.29 is 5.11 Å². The molecule has 1 N–H and O–H groups in total. The predicted octanol–water partition coefficient (Wildman–Crippen LogP) is 3.28. The number of rotatable bonds is 0. The van der Waals surface area contributed by atoms with Crippen molar-refractivity contribution in [2.24, 2.45) is 11.3 Å². The largest absolute Gasteiger partial charge is 0.389 e. The fourth-order valence-corrected chi connectivity index (χ4v) is 3.38. The lowest BCUT2D eigenvalue weighted by molar-refractivity contribution is -0.140. The van der Waals surface area contributed by atoms with E-state index in [-0.39, 0.29) is 5.41 Å². The molecule has 2 aliphatic carbocycles. The van der Waals surface area contributed by atoms with Gasteiger partial charge in [-0.15, -0.1) is 0 Å². The third-order valence-electron chi connectivity index (χ3n) is 4.79. The maximum atomic E-state index is 10.7. The van der Waals surface area contributed by atoms with E-state index >= 15 is 0 Å². The van der Waals surface area contributed by atoms with Crippen LogP contribution in [0.4, 0.5) is 0 Å². The smallest absolute Gasteiger partial charge is 0.0704 e. The fourth-order valence-electron chi connectivity index (χ4n) is 3.38. The topological polar surface area (TPSA) is 20.2 Å². The van der Waals surface area contributed by atoms with E-state index in [2.05, 4.69) is 26.0 Å². The third kappa shape index (κ3) is 1.33. The van der Waals surface area contributed by atoms with E-state index < -0.39 is 5.60 Å². The first-order valence-electron chi connectivity index (χ1n) is 5.96. The molecule has 0 saturated heterocycles. The SMILES string of the molecule is CC1CCCC2(CC=CCC2)C1(C)O. The van der Waals surface area contributed by atoms with Crippen LogP contribution in [0, 0.1) is 11.3 Å². The standard InChI is InChI=1S/C13H22O/c1-11-7-6-10-13(12(11,2)14)8-4-3-5-9-13/h3-4,11,14H,5-10H2,1-2H3. The van der Waals surface area contributed by atoms with Gasteiger partial charge in [-0.2, -0.15) is 0 Å². The Morgan fingerprint density at radius 3 is 2.71 bits per heavy atom. The quantitative estimate of drug-likeness (QED) is 0.587. The average Bonchev–Trinajstić information content (AvgIpc) is 2.17. The average molecular weight is 194 g/mol. The molecule has 1 saturated carbocycles. The summed E-state index contributed by atoms with van der Waals surface area (Å²) in [6.07, 6.45) is 11.7. The van der Waals surface area contributed by atoms with Crippen molar-refractivity contribution in [3.05, 3.63) is 12.2 Å². The molecule has 2 rings (SSSR count). The summed E-state index contributed by atoms with van der Waals surface area (Å²) in [4.78, 5) is 0. The molecule has 80 valence electrons. The minimum atomic E-state index is -0.448. The van der Waals surface area contributed by atoms with E-state index in [1.807, 2.05) is 0 Å². The summed E-state index contributed by atoms with van der Waals surface area (Å²) in [5, 5.41) is 10.7. The van der Waals surface area contributed by atoms with Gasteiger partial charge in [-0.05, 0) is 44.9 Å². The summed E-state index contributed by atoms with van der Waals surface area (Å²) in [5.41, 5.74) is -0.255. The summed E-state index contributed by atoms with van der Waals surface area (Å²) >= 11 is 0. The fraction of sp³-hybridized carbons (Fsp3) is 0.846. The van der Waals surface area contributed by atoms with Gasteiger partial charge in [0, 0.05) is 5.41 Å². The summed E-state index contributed by atoms with van der Waals surface area (Å²) in [5.74, 6) is 0.461. The first-order valence-corrected chi connectivity index (χ1v) is 5.96. The van der Waals surface area contributed by atoms with Crippen molar-refractivity contribution in [1.82, 2.24) is 0 Å². The van der Waals surface area contributed by atoms with Crippen molar-refractivity contribution in [2.45, 2.75) is 58.0 Å². The second-order valence-corrected chi connectivity index (χ2v) is 5.44. The van der Waals surface area contributed by atoms with Gasteiger partial charge in [0.25, 0.3) is 0 Å². The molecule has 2 aliphatic rings. The van der Waals surface area contributed by atoms with Crippen LogP contribution in [-0.2, 0) is 0 Å². The number of allylic oxidation sites excluding steroid dienone is 2. The number of aliphatic hydroxyl groups is 1. The first kappa shape index (κ1) is 10.2. The van der Waals surface area contributed by atoms with Crippen molar-refractivity contribution in [3.8, 4) is 0 Å². The highest BCUT2D eigenvalue weighted by molar-refractivity contribution is 5.09. The lowest BCUT2D eigenvalue weighted by Gasteiger charge is -2.53. The van der Waals surface area contributed by atoms with Gasteiger partial charge >= 0.3 is 0 Å². The minimum absolute atomic E-state index is 0.194. The zero-order valence-corrected chi connectivity index (χ0v) is 9.42. The van der Waals surface area contributed by atoms with Crippen LogP contribution in [0.3, 0.4) is 0 Å². The molecule has 3 unspecified atom stereocenters. The molecule has 3 atom stereocenters. The van der Waals surface area contributed by atoms with Crippen LogP contribution in [0.1, 0.15) is 52.4 Å². The highest BCUT2D eigenvalue weighted by Gasteiger charge is 2.51. The molecular weight excluding hydrogens is 172 g/mol. The highest BCUT2D eigenvalue weighted by Crippen LogP contribution is 2.53. The molecule has 1 heteroatoms. The molecule has 0 radical (unpaired) electrons. The third-order valence-corrected chi connectivity index (χ3v) is 4.79. The number of hydrogen-bond acceptors (Lipinski definition) is 1. The lowest BCUT2D eigenvalue weighted by atomic mass is 9.55. The van der Waals surface area contributed by atoms with Crippen molar-refractivity contribution >= 4 is 0 Å². The molecule has 0 aromatic carbocycles. The molecule has 0 aromatic heterocycles. The van der Waals surface area contributed by atoms with Crippen LogP contribution in [-0.4, -0.2) is 10.7 Å². The van der Waals surface area contributed by atoms with E-state index in [0.717, 1.165) is 12.8 Å². The predicted molar refractivity (Wildman–Crippen MR) is 59.1 cm³/mol. The molecule has 1 nitrogen and oxygen atoms in total. The maximum absolute atomic E-state index is 10.7. The van der Waals surface area contributed by atoms with Gasteiger partial charge < -0.3 is 5.11 Å². The van der Waals surface area contributed by atoms with Gasteiger partial charge in [-0.1, -0.05) is 25.5 Å². The van der Waals surface area contributed by atoms with E-state index in [1.54, 1.807) is 0 Å². The zero-order valence-electron chi connectivity index (χ0n) is 9.42. The molecule has 1 fully saturated rings. The summed E-state index contributed by atoms with van der Waals surface area (Å²) in [7, 11) is 0. The van der Waals surface area contributed by atoms with Crippen LogP contribution >= 0.6 is 0 Å².